The summed E-state index contributed by atoms with van der Waals surface area (Å²) < 4.78 is 21.3. The Bertz CT molecular complexity index is 1240. The molecule has 9 heteroatoms. The van der Waals surface area contributed by atoms with Crippen molar-refractivity contribution in [2.24, 2.45) is 0 Å². The first kappa shape index (κ1) is 19.4. The highest BCUT2D eigenvalue weighted by atomic mass is 16.6. The van der Waals surface area contributed by atoms with Crippen molar-refractivity contribution in [1.29, 1.82) is 0 Å². The van der Waals surface area contributed by atoms with E-state index in [2.05, 4.69) is 0 Å². The van der Waals surface area contributed by atoms with Crippen LogP contribution in [0.25, 0.3) is 11.0 Å². The van der Waals surface area contributed by atoms with Gasteiger partial charge in [0.15, 0.2) is 11.5 Å². The molecule has 0 bridgehead atoms. The molecule has 4 rings (SSSR count). The molecule has 0 atom stereocenters. The minimum Gasteiger partial charge on any atom is -0.486 e. The van der Waals surface area contributed by atoms with Crippen molar-refractivity contribution in [3.8, 4) is 11.5 Å². The largest absolute Gasteiger partial charge is 0.486 e. The van der Waals surface area contributed by atoms with E-state index in [4.69, 9.17) is 18.6 Å². The summed E-state index contributed by atoms with van der Waals surface area (Å²) in [7, 11) is 0. The van der Waals surface area contributed by atoms with E-state index in [-0.39, 0.29) is 36.9 Å². The molecule has 3 aromatic rings. The summed E-state index contributed by atoms with van der Waals surface area (Å²) in [5.74, 6) is -0.485. The number of nitrogens with zero attached hydrogens (tertiary/aromatic N) is 1. The maximum atomic E-state index is 12.6. The molecule has 0 radical (unpaired) electrons. The number of carbonyl (C=O) groups is 1. The summed E-state index contributed by atoms with van der Waals surface area (Å²) >= 11 is 0. The summed E-state index contributed by atoms with van der Waals surface area (Å²) in [6, 6.07) is 7.19. The van der Waals surface area contributed by atoms with E-state index in [0.717, 1.165) is 17.2 Å². The van der Waals surface area contributed by atoms with Gasteiger partial charge in [-0.3, -0.25) is 10.1 Å². The van der Waals surface area contributed by atoms with Gasteiger partial charge in [-0.25, -0.2) is 9.59 Å². The van der Waals surface area contributed by atoms with E-state index in [0.29, 0.717) is 16.5 Å². The third-order valence-corrected chi connectivity index (χ3v) is 4.88. The summed E-state index contributed by atoms with van der Waals surface area (Å²) in [5.41, 5.74) is 1.46. The van der Waals surface area contributed by atoms with Gasteiger partial charge >= 0.3 is 11.6 Å². The maximum Gasteiger partial charge on any atom is 0.345 e. The number of nitro groups is 1. The lowest BCUT2D eigenvalue weighted by atomic mass is 10.0. The number of ether oxygens (including phenoxy) is 3. The molecule has 1 aliphatic heterocycles. The van der Waals surface area contributed by atoms with Crippen LogP contribution in [0, 0.1) is 24.0 Å². The van der Waals surface area contributed by atoms with Crippen LogP contribution >= 0.6 is 0 Å². The van der Waals surface area contributed by atoms with Gasteiger partial charge in [-0.15, -0.1) is 0 Å². The fraction of sp³-hybridized carbons (Fsp3) is 0.238. The number of nitro benzene ring substituents is 1. The van der Waals surface area contributed by atoms with E-state index in [9.17, 15) is 19.7 Å². The van der Waals surface area contributed by atoms with Crippen LogP contribution in [0.2, 0.25) is 0 Å². The van der Waals surface area contributed by atoms with Crippen molar-refractivity contribution in [3.63, 3.8) is 0 Å². The van der Waals surface area contributed by atoms with Crippen LogP contribution in [0.1, 0.15) is 27.0 Å². The molecule has 0 unspecified atom stereocenters. The second-order valence-corrected chi connectivity index (χ2v) is 6.87. The third kappa shape index (κ3) is 3.57. The van der Waals surface area contributed by atoms with Crippen molar-refractivity contribution in [3.05, 3.63) is 73.1 Å². The molecule has 2 heterocycles. The lowest BCUT2D eigenvalue weighted by Gasteiger charge is -2.18. The number of carbonyl (C=O) groups excluding carboxylic acids is 1. The number of hydrogen-bond acceptors (Lipinski definition) is 8. The zero-order valence-electron chi connectivity index (χ0n) is 16.2. The van der Waals surface area contributed by atoms with Gasteiger partial charge in [0.2, 0.25) is 0 Å². The minimum atomic E-state index is -0.913. The van der Waals surface area contributed by atoms with Gasteiger partial charge < -0.3 is 18.6 Å². The molecule has 0 aliphatic carbocycles. The molecule has 0 saturated carbocycles. The number of fused-ring (bicyclic) bond motifs is 2. The summed E-state index contributed by atoms with van der Waals surface area (Å²) in [6.07, 6.45) is 0. The number of aryl methyl sites for hydroxylation is 2. The Balaban J connectivity index is 1.67. The average Bonchev–Trinajstić information content (AvgIpc) is 2.72. The average molecular weight is 411 g/mol. The van der Waals surface area contributed by atoms with E-state index in [1.807, 2.05) is 19.9 Å². The Kier molecular flexibility index (Phi) is 4.86. The Morgan fingerprint density at radius 3 is 2.43 bits per heavy atom. The topological polar surface area (TPSA) is 118 Å². The highest BCUT2D eigenvalue weighted by Crippen LogP contribution is 2.37. The molecular weight excluding hydrogens is 394 g/mol. The fourth-order valence-electron chi connectivity index (χ4n) is 3.22. The molecule has 0 spiro atoms. The summed E-state index contributed by atoms with van der Waals surface area (Å²) in [6.45, 7) is 4.08. The van der Waals surface area contributed by atoms with Gasteiger partial charge in [0.1, 0.15) is 31.0 Å². The molecule has 1 aliphatic rings. The monoisotopic (exact) mass is 411 g/mol. The van der Waals surface area contributed by atoms with Gasteiger partial charge in [0.05, 0.1) is 11.0 Å². The van der Waals surface area contributed by atoms with Crippen molar-refractivity contribution in [2.45, 2.75) is 20.5 Å². The van der Waals surface area contributed by atoms with Crippen LogP contribution in [0.15, 0.2) is 39.5 Å². The van der Waals surface area contributed by atoms with Crippen LogP contribution in [-0.4, -0.2) is 24.1 Å². The number of rotatable bonds is 4. The van der Waals surface area contributed by atoms with E-state index >= 15 is 0 Å². The molecule has 30 heavy (non-hydrogen) atoms. The lowest BCUT2D eigenvalue weighted by molar-refractivity contribution is -0.385. The second kappa shape index (κ2) is 7.51. The van der Waals surface area contributed by atoms with Crippen LogP contribution < -0.4 is 15.1 Å². The van der Waals surface area contributed by atoms with Crippen molar-refractivity contribution in [1.82, 2.24) is 0 Å². The van der Waals surface area contributed by atoms with Gasteiger partial charge in [-0.2, -0.15) is 0 Å². The number of benzene rings is 2. The van der Waals surface area contributed by atoms with Crippen LogP contribution in [0.4, 0.5) is 5.69 Å². The number of hydrogen-bond donors (Lipinski definition) is 0. The van der Waals surface area contributed by atoms with E-state index < -0.39 is 22.2 Å². The van der Waals surface area contributed by atoms with Crippen LogP contribution in [0.5, 0.6) is 11.5 Å². The van der Waals surface area contributed by atoms with Gasteiger partial charge in [-0.1, -0.05) is 0 Å². The molecule has 9 nitrogen and oxygen atoms in total. The Labute approximate surface area is 169 Å². The Morgan fingerprint density at radius 1 is 1.07 bits per heavy atom. The first-order valence-corrected chi connectivity index (χ1v) is 9.12. The maximum absolute atomic E-state index is 12.6. The fourth-order valence-corrected chi connectivity index (χ4v) is 3.22. The van der Waals surface area contributed by atoms with Crippen molar-refractivity contribution < 1.29 is 28.3 Å². The zero-order chi connectivity index (χ0) is 21.4. The van der Waals surface area contributed by atoms with Gasteiger partial charge in [0.25, 0.3) is 5.69 Å². The Hall–Kier alpha value is -3.88. The smallest absolute Gasteiger partial charge is 0.345 e. The highest BCUT2D eigenvalue weighted by molar-refractivity contribution is 5.95. The predicted molar refractivity (Wildman–Crippen MR) is 105 cm³/mol. The molecular formula is C21H17NO8. The van der Waals surface area contributed by atoms with Gasteiger partial charge in [0, 0.05) is 23.1 Å². The highest BCUT2D eigenvalue weighted by Gasteiger charge is 2.27. The quantitative estimate of drug-likeness (QED) is 0.277. The zero-order valence-corrected chi connectivity index (χ0v) is 16.2. The normalized spacial score (nSPS) is 12.6. The SMILES string of the molecule is Cc1cc2oc(=O)cc(COC(=O)c3cc4c(cc3[N+](=O)[O-])OCCO4)c2cc1C. The molecule has 1 aromatic heterocycles. The van der Waals surface area contributed by atoms with E-state index in [1.165, 1.54) is 12.1 Å². The molecule has 154 valence electrons. The standard InChI is InChI=1S/C21H17NO8/c1-11-5-14-13(7-20(23)30-17(14)6-12(11)2)10-29-21(24)15-8-18-19(28-4-3-27-18)9-16(15)22(25)26/h5-9H,3-4,10H2,1-2H3. The third-order valence-electron chi connectivity index (χ3n) is 4.88. The van der Waals surface area contributed by atoms with Crippen molar-refractivity contribution >= 4 is 22.6 Å². The minimum absolute atomic E-state index is 0.196. The van der Waals surface area contributed by atoms with Crippen LogP contribution in [0.3, 0.4) is 0 Å². The first-order valence-electron chi connectivity index (χ1n) is 9.12. The second-order valence-electron chi connectivity index (χ2n) is 6.87. The molecule has 0 saturated heterocycles. The van der Waals surface area contributed by atoms with E-state index in [1.54, 1.807) is 6.07 Å². The molecule has 0 fully saturated rings. The molecule has 2 aromatic carbocycles. The molecule has 0 amide bonds. The van der Waals surface area contributed by atoms with Crippen LogP contribution in [-0.2, 0) is 11.3 Å². The first-order chi connectivity index (χ1) is 14.3. The molecule has 0 N–H and O–H groups in total. The lowest BCUT2D eigenvalue weighted by Crippen LogP contribution is -2.17. The number of esters is 1. The summed E-state index contributed by atoms with van der Waals surface area (Å²) in [4.78, 5) is 35.3. The van der Waals surface area contributed by atoms with Gasteiger partial charge in [-0.05, 0) is 37.1 Å². The van der Waals surface area contributed by atoms with Crippen molar-refractivity contribution in [2.75, 3.05) is 13.2 Å². The summed E-state index contributed by atoms with van der Waals surface area (Å²) in [5, 5.41) is 12.0. The Morgan fingerprint density at radius 2 is 1.73 bits per heavy atom. The predicted octanol–water partition coefficient (Wildman–Crippen LogP) is 3.45.